The fraction of sp³-hybridized carbons (Fsp3) is 1.00. The lowest BCUT2D eigenvalue weighted by Crippen LogP contribution is -2.44. The summed E-state index contributed by atoms with van der Waals surface area (Å²) < 4.78 is 37.9. The van der Waals surface area contributed by atoms with Crippen molar-refractivity contribution >= 4 is 0 Å². The second-order valence-electron chi connectivity index (χ2n) is 4.67. The van der Waals surface area contributed by atoms with Crippen LogP contribution in [0.3, 0.4) is 0 Å². The highest BCUT2D eigenvalue weighted by molar-refractivity contribution is 4.92. The summed E-state index contributed by atoms with van der Waals surface area (Å²) in [4.78, 5) is 2.06. The molecule has 88 valence electrons. The molecule has 2 nitrogen and oxygen atoms in total. The molecule has 0 spiro atoms. The minimum Gasteiger partial charge on any atom is -0.312 e. The lowest BCUT2D eigenvalue weighted by molar-refractivity contribution is -0.177. The third-order valence-electron chi connectivity index (χ3n) is 3.42. The zero-order chi connectivity index (χ0) is 11.1. The Morgan fingerprint density at radius 1 is 1.27 bits per heavy atom. The molecule has 1 aliphatic carbocycles. The van der Waals surface area contributed by atoms with Crippen LogP contribution in [-0.2, 0) is 0 Å². The molecule has 5 heteroatoms. The third-order valence-corrected chi connectivity index (χ3v) is 3.42. The molecule has 0 aromatic rings. The Labute approximate surface area is 87.8 Å². The summed E-state index contributed by atoms with van der Waals surface area (Å²) in [5, 5.41) is 2.97. The second kappa shape index (κ2) is 3.94. The summed E-state index contributed by atoms with van der Waals surface area (Å²) in [5.74, 6) is -1.15. The maximum absolute atomic E-state index is 12.6. The second-order valence-corrected chi connectivity index (χ2v) is 4.67. The molecular weight excluding hydrogens is 205 g/mol. The molecule has 2 fully saturated rings. The SMILES string of the molecule is CN(CC1NCCC1C(F)(F)F)C1CC1. The Balaban J connectivity index is 1.89. The molecule has 0 aromatic carbocycles. The molecule has 0 radical (unpaired) electrons. The van der Waals surface area contributed by atoms with Gasteiger partial charge >= 0.3 is 6.18 Å². The summed E-state index contributed by atoms with van der Waals surface area (Å²) >= 11 is 0. The highest BCUT2D eigenvalue weighted by Gasteiger charge is 2.47. The van der Waals surface area contributed by atoms with Gasteiger partial charge in [0.1, 0.15) is 0 Å². The summed E-state index contributed by atoms with van der Waals surface area (Å²) in [6.07, 6.45) is -1.54. The first kappa shape index (κ1) is 11.2. The molecule has 1 saturated heterocycles. The number of likely N-dealkylation sites (N-methyl/N-ethyl adjacent to an activating group) is 1. The Morgan fingerprint density at radius 3 is 2.47 bits per heavy atom. The van der Waals surface area contributed by atoms with Crippen molar-refractivity contribution in [3.63, 3.8) is 0 Å². The number of rotatable bonds is 3. The van der Waals surface area contributed by atoms with Crippen LogP contribution < -0.4 is 5.32 Å². The maximum Gasteiger partial charge on any atom is 0.393 e. The van der Waals surface area contributed by atoms with Crippen molar-refractivity contribution in [2.75, 3.05) is 20.1 Å². The molecule has 0 bridgehead atoms. The van der Waals surface area contributed by atoms with Gasteiger partial charge in [-0.25, -0.2) is 0 Å². The lowest BCUT2D eigenvalue weighted by atomic mass is 10.00. The number of nitrogens with zero attached hydrogens (tertiary/aromatic N) is 1. The van der Waals surface area contributed by atoms with Gasteiger partial charge in [-0.1, -0.05) is 0 Å². The molecular formula is C10H17F3N2. The van der Waals surface area contributed by atoms with Gasteiger partial charge < -0.3 is 10.2 Å². The van der Waals surface area contributed by atoms with Crippen LogP contribution in [0.5, 0.6) is 0 Å². The van der Waals surface area contributed by atoms with Crippen LogP contribution in [0.15, 0.2) is 0 Å². The predicted molar refractivity (Wildman–Crippen MR) is 51.6 cm³/mol. The van der Waals surface area contributed by atoms with E-state index >= 15 is 0 Å². The molecule has 1 aliphatic heterocycles. The molecule has 2 unspecified atom stereocenters. The van der Waals surface area contributed by atoms with Crippen LogP contribution in [0.4, 0.5) is 13.2 Å². The predicted octanol–water partition coefficient (Wildman–Crippen LogP) is 1.62. The zero-order valence-electron chi connectivity index (χ0n) is 8.85. The minimum absolute atomic E-state index is 0.229. The quantitative estimate of drug-likeness (QED) is 0.780. The number of hydrogen-bond acceptors (Lipinski definition) is 2. The molecule has 15 heavy (non-hydrogen) atoms. The summed E-state index contributed by atoms with van der Waals surface area (Å²) in [5.41, 5.74) is 0. The van der Waals surface area contributed by atoms with E-state index in [0.29, 0.717) is 19.1 Å². The smallest absolute Gasteiger partial charge is 0.312 e. The van der Waals surface area contributed by atoms with Crippen LogP contribution >= 0.6 is 0 Å². The van der Waals surface area contributed by atoms with Gasteiger partial charge in [0.25, 0.3) is 0 Å². The highest BCUT2D eigenvalue weighted by atomic mass is 19.4. The van der Waals surface area contributed by atoms with E-state index in [1.54, 1.807) is 0 Å². The van der Waals surface area contributed by atoms with Gasteiger partial charge in [-0.05, 0) is 32.9 Å². The van der Waals surface area contributed by atoms with Crippen molar-refractivity contribution in [2.45, 2.75) is 37.5 Å². The molecule has 1 saturated carbocycles. The number of halogens is 3. The van der Waals surface area contributed by atoms with Gasteiger partial charge in [-0.15, -0.1) is 0 Å². The van der Waals surface area contributed by atoms with Crippen molar-refractivity contribution in [3.8, 4) is 0 Å². The van der Waals surface area contributed by atoms with E-state index in [0.717, 1.165) is 12.8 Å². The average Bonchev–Trinajstić information content (AvgIpc) is 2.85. The molecule has 1 N–H and O–H groups in total. The molecule has 0 amide bonds. The third kappa shape index (κ3) is 2.64. The molecule has 2 aliphatic rings. The van der Waals surface area contributed by atoms with Crippen molar-refractivity contribution in [1.82, 2.24) is 10.2 Å². The first-order valence-electron chi connectivity index (χ1n) is 5.49. The van der Waals surface area contributed by atoms with Crippen LogP contribution in [-0.4, -0.2) is 43.3 Å². The van der Waals surface area contributed by atoms with Gasteiger partial charge in [0, 0.05) is 18.6 Å². The maximum atomic E-state index is 12.6. The van der Waals surface area contributed by atoms with E-state index < -0.39 is 18.1 Å². The lowest BCUT2D eigenvalue weighted by Gasteiger charge is -2.26. The van der Waals surface area contributed by atoms with Crippen molar-refractivity contribution in [2.24, 2.45) is 5.92 Å². The van der Waals surface area contributed by atoms with Crippen LogP contribution in [0.2, 0.25) is 0 Å². The Bertz CT molecular complexity index is 225. The summed E-state index contributed by atoms with van der Waals surface area (Å²) in [7, 11) is 1.92. The standard InChI is InChI=1S/C10H17F3N2/c1-15(7-2-3-7)6-9-8(4-5-14-9)10(11,12)13/h7-9,14H,2-6H2,1H3. The van der Waals surface area contributed by atoms with Gasteiger partial charge in [0.05, 0.1) is 5.92 Å². The molecule has 1 heterocycles. The van der Waals surface area contributed by atoms with Gasteiger partial charge in [0.15, 0.2) is 0 Å². The fourth-order valence-electron chi connectivity index (χ4n) is 2.33. The molecule has 2 rings (SSSR count). The number of nitrogens with one attached hydrogen (secondary N) is 1. The van der Waals surface area contributed by atoms with Crippen LogP contribution in [0.1, 0.15) is 19.3 Å². The topological polar surface area (TPSA) is 15.3 Å². The first-order valence-corrected chi connectivity index (χ1v) is 5.49. The Kier molecular flexibility index (Phi) is 2.94. The molecule has 2 atom stereocenters. The van der Waals surface area contributed by atoms with Gasteiger partial charge in [-0.3, -0.25) is 0 Å². The Morgan fingerprint density at radius 2 is 1.93 bits per heavy atom. The van der Waals surface area contributed by atoms with Gasteiger partial charge in [-0.2, -0.15) is 13.2 Å². The summed E-state index contributed by atoms with van der Waals surface area (Å²) in [6.45, 7) is 1.02. The van der Waals surface area contributed by atoms with Crippen molar-refractivity contribution in [1.29, 1.82) is 0 Å². The van der Waals surface area contributed by atoms with Crippen LogP contribution in [0.25, 0.3) is 0 Å². The normalized spacial score (nSPS) is 32.6. The van der Waals surface area contributed by atoms with Crippen molar-refractivity contribution in [3.05, 3.63) is 0 Å². The highest BCUT2D eigenvalue weighted by Crippen LogP contribution is 2.35. The van der Waals surface area contributed by atoms with E-state index in [2.05, 4.69) is 10.2 Å². The van der Waals surface area contributed by atoms with E-state index in [1.165, 1.54) is 0 Å². The van der Waals surface area contributed by atoms with Crippen molar-refractivity contribution < 1.29 is 13.2 Å². The Hall–Kier alpha value is -0.290. The number of hydrogen-bond donors (Lipinski definition) is 1. The fourth-order valence-corrected chi connectivity index (χ4v) is 2.33. The van der Waals surface area contributed by atoms with E-state index in [-0.39, 0.29) is 6.42 Å². The summed E-state index contributed by atoms with van der Waals surface area (Å²) in [6, 6.07) is 0.122. The average molecular weight is 222 g/mol. The zero-order valence-corrected chi connectivity index (χ0v) is 8.85. The van der Waals surface area contributed by atoms with E-state index in [9.17, 15) is 13.2 Å². The first-order chi connectivity index (χ1) is 6.98. The minimum atomic E-state index is -4.04. The van der Waals surface area contributed by atoms with Crippen LogP contribution in [0, 0.1) is 5.92 Å². The van der Waals surface area contributed by atoms with E-state index in [4.69, 9.17) is 0 Å². The largest absolute Gasteiger partial charge is 0.393 e. The monoisotopic (exact) mass is 222 g/mol. The number of alkyl halides is 3. The molecule has 0 aromatic heterocycles. The van der Waals surface area contributed by atoms with E-state index in [1.807, 2.05) is 7.05 Å². The van der Waals surface area contributed by atoms with Gasteiger partial charge in [0.2, 0.25) is 0 Å².